The molecule has 2 aromatic heterocycles. The number of nitrogens with zero attached hydrogens (tertiary/aromatic N) is 4. The number of nitrogens with one attached hydrogen (secondary N) is 1. The minimum absolute atomic E-state index is 0.00398. The van der Waals surface area contributed by atoms with E-state index in [-0.39, 0.29) is 18.1 Å². The van der Waals surface area contributed by atoms with E-state index in [1.165, 1.54) is 0 Å². The molecule has 1 aromatic carbocycles. The third-order valence-electron chi connectivity index (χ3n) is 4.41. The first kappa shape index (κ1) is 14.8. The second-order valence-corrected chi connectivity index (χ2v) is 5.80. The van der Waals surface area contributed by atoms with Crippen LogP contribution in [0.2, 0.25) is 0 Å². The molecule has 0 spiro atoms. The Bertz CT molecular complexity index is 864. The summed E-state index contributed by atoms with van der Waals surface area (Å²) in [4.78, 5) is 30.8. The molecule has 3 aromatic rings. The number of amides is 1. The SMILES string of the molecule is CO[C@@H]1CC(c2ncc[nH]2)N(C(=O)c2ccc3nccnc3c2)C1. The summed E-state index contributed by atoms with van der Waals surface area (Å²) in [6.07, 6.45) is 7.46. The van der Waals surface area contributed by atoms with Gasteiger partial charge in [-0.05, 0) is 18.2 Å². The number of hydrogen-bond acceptors (Lipinski definition) is 5. The summed E-state index contributed by atoms with van der Waals surface area (Å²) in [5.41, 5.74) is 2.07. The maximum atomic E-state index is 13.0. The van der Waals surface area contributed by atoms with Gasteiger partial charge in [0, 0.05) is 50.4 Å². The minimum atomic E-state index is -0.116. The zero-order valence-electron chi connectivity index (χ0n) is 13.2. The lowest BCUT2D eigenvalue weighted by Gasteiger charge is -2.23. The molecule has 3 heterocycles. The highest BCUT2D eigenvalue weighted by Crippen LogP contribution is 2.32. The van der Waals surface area contributed by atoms with E-state index in [1.54, 1.807) is 44.0 Å². The zero-order valence-corrected chi connectivity index (χ0v) is 13.2. The number of aromatic amines is 1. The van der Waals surface area contributed by atoms with Crippen LogP contribution in [0.5, 0.6) is 0 Å². The van der Waals surface area contributed by atoms with Gasteiger partial charge in [0.1, 0.15) is 5.82 Å². The molecule has 0 saturated carbocycles. The summed E-state index contributed by atoms with van der Waals surface area (Å²) in [5.74, 6) is 0.729. The molecule has 0 bridgehead atoms. The summed E-state index contributed by atoms with van der Waals surface area (Å²) in [5, 5.41) is 0. The predicted molar refractivity (Wildman–Crippen MR) is 87.3 cm³/mol. The number of hydrogen-bond donors (Lipinski definition) is 1. The van der Waals surface area contributed by atoms with Crippen molar-refractivity contribution >= 4 is 16.9 Å². The van der Waals surface area contributed by atoms with Crippen molar-refractivity contribution < 1.29 is 9.53 Å². The van der Waals surface area contributed by atoms with Crippen LogP contribution >= 0.6 is 0 Å². The van der Waals surface area contributed by atoms with E-state index in [4.69, 9.17) is 4.74 Å². The number of methoxy groups -OCH3 is 1. The van der Waals surface area contributed by atoms with Gasteiger partial charge < -0.3 is 14.6 Å². The van der Waals surface area contributed by atoms with Crippen LogP contribution in [0.4, 0.5) is 0 Å². The molecule has 2 atom stereocenters. The van der Waals surface area contributed by atoms with Crippen LogP contribution in [0.25, 0.3) is 11.0 Å². The Morgan fingerprint density at radius 3 is 2.79 bits per heavy atom. The largest absolute Gasteiger partial charge is 0.380 e. The Morgan fingerprint density at radius 1 is 1.21 bits per heavy atom. The van der Waals surface area contributed by atoms with Gasteiger partial charge in [-0.1, -0.05) is 0 Å². The first-order valence-electron chi connectivity index (χ1n) is 7.80. The second-order valence-electron chi connectivity index (χ2n) is 5.80. The van der Waals surface area contributed by atoms with Crippen LogP contribution in [0.3, 0.4) is 0 Å². The number of fused-ring (bicyclic) bond motifs is 1. The minimum Gasteiger partial charge on any atom is -0.380 e. The number of carbonyl (C=O) groups is 1. The van der Waals surface area contributed by atoms with E-state index in [0.717, 1.165) is 17.8 Å². The summed E-state index contributed by atoms with van der Waals surface area (Å²) < 4.78 is 5.47. The highest BCUT2D eigenvalue weighted by atomic mass is 16.5. The average Bonchev–Trinajstić information content (AvgIpc) is 3.29. The average molecular weight is 323 g/mol. The van der Waals surface area contributed by atoms with Crippen LogP contribution in [0.15, 0.2) is 43.0 Å². The van der Waals surface area contributed by atoms with Crippen molar-refractivity contribution in [2.75, 3.05) is 13.7 Å². The van der Waals surface area contributed by atoms with E-state index < -0.39 is 0 Å². The van der Waals surface area contributed by atoms with E-state index in [9.17, 15) is 4.79 Å². The summed E-state index contributed by atoms with van der Waals surface area (Å²) in [6, 6.07) is 5.28. The molecule has 0 aliphatic carbocycles. The monoisotopic (exact) mass is 323 g/mol. The maximum Gasteiger partial charge on any atom is 0.254 e. The van der Waals surface area contributed by atoms with Gasteiger partial charge >= 0.3 is 0 Å². The molecule has 0 radical (unpaired) electrons. The highest BCUT2D eigenvalue weighted by Gasteiger charge is 2.38. The summed E-state index contributed by atoms with van der Waals surface area (Å²) in [6.45, 7) is 0.541. The molecule has 7 nitrogen and oxygen atoms in total. The standard InChI is InChI=1S/C17H17N5O2/c1-24-12-9-15(16-20-6-7-21-16)22(10-12)17(23)11-2-3-13-14(8-11)19-5-4-18-13/h2-8,12,15H,9-10H2,1H3,(H,20,21)/t12-,15?/m1/s1. The Labute approximate surface area is 138 Å². The number of ether oxygens (including phenoxy) is 1. The first-order chi connectivity index (χ1) is 11.8. The molecular weight excluding hydrogens is 306 g/mol. The van der Waals surface area contributed by atoms with Gasteiger partial charge in [0.15, 0.2) is 0 Å². The maximum absolute atomic E-state index is 13.0. The highest BCUT2D eigenvalue weighted by molar-refractivity contribution is 5.97. The number of H-pyrrole nitrogens is 1. The quantitative estimate of drug-likeness (QED) is 0.796. The molecule has 1 aliphatic heterocycles. The molecular formula is C17H17N5O2. The molecule has 4 rings (SSSR count). The van der Waals surface area contributed by atoms with Crippen LogP contribution < -0.4 is 0 Å². The molecule has 7 heteroatoms. The predicted octanol–water partition coefficient (Wildman–Crippen LogP) is 1.96. The fourth-order valence-corrected chi connectivity index (χ4v) is 3.17. The fraction of sp³-hybridized carbons (Fsp3) is 0.294. The molecule has 24 heavy (non-hydrogen) atoms. The lowest BCUT2D eigenvalue weighted by Crippen LogP contribution is -2.32. The van der Waals surface area contributed by atoms with Gasteiger partial charge in [-0.25, -0.2) is 4.98 Å². The topological polar surface area (TPSA) is 84.0 Å². The Balaban J connectivity index is 1.67. The van der Waals surface area contributed by atoms with Crippen molar-refractivity contribution in [2.45, 2.75) is 18.6 Å². The lowest BCUT2D eigenvalue weighted by molar-refractivity contribution is 0.0684. The van der Waals surface area contributed by atoms with Gasteiger partial charge in [0.2, 0.25) is 0 Å². The zero-order chi connectivity index (χ0) is 16.5. The Kier molecular flexibility index (Phi) is 3.70. The lowest BCUT2D eigenvalue weighted by atomic mass is 10.1. The molecule has 122 valence electrons. The van der Waals surface area contributed by atoms with Crippen molar-refractivity contribution in [1.82, 2.24) is 24.8 Å². The van der Waals surface area contributed by atoms with Gasteiger partial charge in [0.05, 0.1) is 23.2 Å². The van der Waals surface area contributed by atoms with Gasteiger partial charge in [-0.15, -0.1) is 0 Å². The first-order valence-corrected chi connectivity index (χ1v) is 7.80. The molecule has 1 unspecified atom stereocenters. The number of benzene rings is 1. The van der Waals surface area contributed by atoms with Crippen molar-refractivity contribution in [3.63, 3.8) is 0 Å². The number of carbonyl (C=O) groups excluding carboxylic acids is 1. The van der Waals surface area contributed by atoms with Crippen molar-refractivity contribution in [3.8, 4) is 0 Å². The third kappa shape index (κ3) is 2.52. The number of rotatable bonds is 3. The summed E-state index contributed by atoms with van der Waals surface area (Å²) in [7, 11) is 1.67. The molecule has 1 fully saturated rings. The Morgan fingerprint density at radius 2 is 2.04 bits per heavy atom. The van der Waals surface area contributed by atoms with Gasteiger partial charge in [0.25, 0.3) is 5.91 Å². The van der Waals surface area contributed by atoms with Crippen molar-refractivity contribution in [3.05, 3.63) is 54.4 Å². The fourth-order valence-electron chi connectivity index (χ4n) is 3.17. The normalized spacial score (nSPS) is 20.6. The van der Waals surface area contributed by atoms with Crippen LogP contribution in [0, 0.1) is 0 Å². The Hall–Kier alpha value is -2.80. The number of likely N-dealkylation sites (tertiary alicyclic amines) is 1. The van der Waals surface area contributed by atoms with Crippen LogP contribution in [-0.4, -0.2) is 50.5 Å². The second kappa shape index (κ2) is 6.01. The van der Waals surface area contributed by atoms with E-state index >= 15 is 0 Å². The molecule has 1 amide bonds. The van der Waals surface area contributed by atoms with Gasteiger partial charge in [-0.2, -0.15) is 0 Å². The van der Waals surface area contributed by atoms with Gasteiger partial charge in [-0.3, -0.25) is 14.8 Å². The summed E-state index contributed by atoms with van der Waals surface area (Å²) >= 11 is 0. The van der Waals surface area contributed by atoms with Crippen LogP contribution in [0.1, 0.15) is 28.6 Å². The molecule has 1 aliphatic rings. The number of aromatic nitrogens is 4. The smallest absolute Gasteiger partial charge is 0.254 e. The number of imidazole rings is 1. The van der Waals surface area contributed by atoms with Crippen molar-refractivity contribution in [1.29, 1.82) is 0 Å². The molecule has 1 saturated heterocycles. The van der Waals surface area contributed by atoms with E-state index in [1.807, 2.05) is 11.0 Å². The van der Waals surface area contributed by atoms with Crippen molar-refractivity contribution in [2.24, 2.45) is 0 Å². The van der Waals surface area contributed by atoms with E-state index in [2.05, 4.69) is 19.9 Å². The molecule has 1 N–H and O–H groups in total. The van der Waals surface area contributed by atoms with E-state index in [0.29, 0.717) is 17.6 Å². The van der Waals surface area contributed by atoms with Crippen LogP contribution in [-0.2, 0) is 4.74 Å². The third-order valence-corrected chi connectivity index (χ3v) is 4.41.